The van der Waals surface area contributed by atoms with Gasteiger partial charge in [-0.25, -0.2) is 4.79 Å². The first kappa shape index (κ1) is 25.5. The Morgan fingerprint density at radius 3 is 2.35 bits per heavy atom. The first-order valence-electron chi connectivity index (χ1n) is 12.1. The van der Waals surface area contributed by atoms with Crippen molar-refractivity contribution in [2.75, 3.05) is 33.9 Å². The minimum absolute atomic E-state index is 0.125. The summed E-state index contributed by atoms with van der Waals surface area (Å²) >= 11 is 0. The summed E-state index contributed by atoms with van der Waals surface area (Å²) in [6, 6.07) is 12.3. The van der Waals surface area contributed by atoms with E-state index in [2.05, 4.69) is 25.8 Å². The maximum atomic E-state index is 13.5. The van der Waals surface area contributed by atoms with Crippen LogP contribution in [-0.2, 0) is 11.2 Å². The Labute approximate surface area is 201 Å². The zero-order chi connectivity index (χ0) is 24.5. The molecule has 0 amide bonds. The molecule has 182 valence electrons. The quantitative estimate of drug-likeness (QED) is 0.178. The van der Waals surface area contributed by atoms with Gasteiger partial charge in [0.15, 0.2) is 5.78 Å². The number of fused-ring (bicyclic) bond motifs is 1. The number of hydrogen-bond acceptors (Lipinski definition) is 6. The van der Waals surface area contributed by atoms with Gasteiger partial charge in [-0.3, -0.25) is 4.79 Å². The first-order valence-corrected chi connectivity index (χ1v) is 12.1. The molecule has 0 saturated heterocycles. The molecule has 0 aliphatic heterocycles. The van der Waals surface area contributed by atoms with Crippen molar-refractivity contribution in [2.45, 2.75) is 46.0 Å². The van der Waals surface area contributed by atoms with Crippen LogP contribution in [0.3, 0.4) is 0 Å². The van der Waals surface area contributed by atoms with Crippen molar-refractivity contribution in [1.29, 1.82) is 0 Å². The summed E-state index contributed by atoms with van der Waals surface area (Å²) in [6.45, 7) is 6.98. The highest BCUT2D eigenvalue weighted by atomic mass is 16.5. The number of esters is 1. The summed E-state index contributed by atoms with van der Waals surface area (Å²) in [6.07, 6.45) is 4.64. The van der Waals surface area contributed by atoms with Crippen LogP contribution in [0.15, 0.2) is 46.9 Å². The van der Waals surface area contributed by atoms with Gasteiger partial charge >= 0.3 is 5.97 Å². The molecule has 0 aliphatic rings. The number of benzene rings is 2. The molecule has 0 spiro atoms. The van der Waals surface area contributed by atoms with E-state index in [-0.39, 0.29) is 5.78 Å². The van der Waals surface area contributed by atoms with Crippen LogP contribution in [0.2, 0.25) is 0 Å². The van der Waals surface area contributed by atoms with E-state index in [1.165, 1.54) is 7.11 Å². The van der Waals surface area contributed by atoms with Gasteiger partial charge in [0.1, 0.15) is 17.1 Å². The minimum Gasteiger partial charge on any atom is -0.494 e. The van der Waals surface area contributed by atoms with Crippen molar-refractivity contribution in [3.05, 3.63) is 64.9 Å². The Balaban J connectivity index is 1.80. The number of furan rings is 1. The van der Waals surface area contributed by atoms with Crippen LogP contribution in [0.25, 0.3) is 11.0 Å². The number of carbonyl (C=O) groups excluding carboxylic acids is 2. The van der Waals surface area contributed by atoms with Gasteiger partial charge in [-0.2, -0.15) is 0 Å². The zero-order valence-corrected chi connectivity index (χ0v) is 20.7. The molecule has 0 bridgehead atoms. The standard InChI is InChI=1S/C28H35NO5/c1-5-7-9-25-26(23-19-21(28(31)32-4)12-15-24(23)34-25)27(30)20-10-13-22(14-11-20)33-18-8-17-29(3)16-6-2/h10-15,19H,5-9,16-18H2,1-4H3. The highest BCUT2D eigenvalue weighted by molar-refractivity contribution is 6.17. The number of ether oxygens (including phenoxy) is 2. The van der Waals surface area contributed by atoms with Crippen LogP contribution in [-0.4, -0.2) is 50.5 Å². The molecule has 3 aromatic rings. The molecule has 0 aliphatic carbocycles. The molecule has 0 N–H and O–H groups in total. The number of ketones is 1. The highest BCUT2D eigenvalue weighted by Gasteiger charge is 2.23. The topological polar surface area (TPSA) is 69.0 Å². The van der Waals surface area contributed by atoms with E-state index in [1.54, 1.807) is 30.3 Å². The van der Waals surface area contributed by atoms with Crippen LogP contribution in [0, 0.1) is 0 Å². The van der Waals surface area contributed by atoms with Crippen molar-refractivity contribution < 1.29 is 23.5 Å². The van der Waals surface area contributed by atoms with E-state index in [4.69, 9.17) is 13.9 Å². The lowest BCUT2D eigenvalue weighted by atomic mass is 9.97. The summed E-state index contributed by atoms with van der Waals surface area (Å²) in [4.78, 5) is 27.9. The van der Waals surface area contributed by atoms with Crippen LogP contribution in [0.5, 0.6) is 5.75 Å². The fourth-order valence-corrected chi connectivity index (χ4v) is 4.02. The maximum absolute atomic E-state index is 13.5. The molecule has 3 rings (SSSR count). The van der Waals surface area contributed by atoms with Crippen LogP contribution in [0.4, 0.5) is 0 Å². The van der Waals surface area contributed by atoms with Crippen LogP contribution in [0.1, 0.15) is 71.6 Å². The van der Waals surface area contributed by atoms with Gasteiger partial charge in [0, 0.05) is 23.9 Å². The van der Waals surface area contributed by atoms with E-state index in [1.807, 2.05) is 12.1 Å². The molecule has 0 atom stereocenters. The number of unbranched alkanes of at least 4 members (excludes halogenated alkanes) is 1. The summed E-state index contributed by atoms with van der Waals surface area (Å²) < 4.78 is 16.7. The fraction of sp³-hybridized carbons (Fsp3) is 0.429. The Morgan fingerprint density at radius 2 is 1.68 bits per heavy atom. The van der Waals surface area contributed by atoms with Crippen molar-refractivity contribution in [2.24, 2.45) is 0 Å². The van der Waals surface area contributed by atoms with E-state index in [0.29, 0.717) is 46.4 Å². The fourth-order valence-electron chi connectivity index (χ4n) is 4.02. The van der Waals surface area contributed by atoms with Gasteiger partial charge < -0.3 is 18.8 Å². The second kappa shape index (κ2) is 12.4. The molecule has 0 saturated carbocycles. The Morgan fingerprint density at radius 1 is 0.941 bits per heavy atom. The molecule has 34 heavy (non-hydrogen) atoms. The zero-order valence-electron chi connectivity index (χ0n) is 20.7. The molecular formula is C28H35NO5. The highest BCUT2D eigenvalue weighted by Crippen LogP contribution is 2.31. The number of aryl methyl sites for hydroxylation is 1. The van der Waals surface area contributed by atoms with Crippen LogP contribution < -0.4 is 4.74 Å². The predicted octanol–water partition coefficient (Wildman–Crippen LogP) is 5.90. The third-order valence-electron chi connectivity index (χ3n) is 5.84. The normalized spacial score (nSPS) is 11.2. The Hall–Kier alpha value is -3.12. The van der Waals surface area contributed by atoms with E-state index in [9.17, 15) is 9.59 Å². The molecule has 6 nitrogen and oxygen atoms in total. The van der Waals surface area contributed by atoms with Crippen molar-refractivity contribution in [1.82, 2.24) is 4.90 Å². The van der Waals surface area contributed by atoms with Crippen LogP contribution >= 0.6 is 0 Å². The van der Waals surface area contributed by atoms with Gasteiger partial charge in [-0.05, 0) is 75.3 Å². The smallest absolute Gasteiger partial charge is 0.337 e. The lowest BCUT2D eigenvalue weighted by Gasteiger charge is -2.15. The molecule has 1 aromatic heterocycles. The Kier molecular flexibility index (Phi) is 9.28. The lowest BCUT2D eigenvalue weighted by molar-refractivity contribution is 0.0600. The first-order chi connectivity index (χ1) is 16.5. The summed E-state index contributed by atoms with van der Waals surface area (Å²) in [5, 5.41) is 0.635. The van der Waals surface area contributed by atoms with Crippen molar-refractivity contribution in [3.63, 3.8) is 0 Å². The second-order valence-corrected chi connectivity index (χ2v) is 8.57. The largest absolute Gasteiger partial charge is 0.494 e. The average Bonchev–Trinajstić information content (AvgIpc) is 3.22. The predicted molar refractivity (Wildman–Crippen MR) is 134 cm³/mol. The van der Waals surface area contributed by atoms with Crippen molar-refractivity contribution in [3.8, 4) is 5.75 Å². The monoisotopic (exact) mass is 465 g/mol. The minimum atomic E-state index is -0.445. The summed E-state index contributed by atoms with van der Waals surface area (Å²) in [5.41, 5.74) is 2.05. The molecule has 0 unspecified atom stereocenters. The lowest BCUT2D eigenvalue weighted by Crippen LogP contribution is -2.21. The number of methoxy groups -OCH3 is 1. The number of carbonyl (C=O) groups is 2. The van der Waals surface area contributed by atoms with Gasteiger partial charge in [0.05, 0.1) is 24.8 Å². The van der Waals surface area contributed by atoms with E-state index in [0.717, 1.165) is 44.5 Å². The molecule has 6 heteroatoms. The van der Waals surface area contributed by atoms with Gasteiger partial charge in [-0.1, -0.05) is 20.3 Å². The summed E-state index contributed by atoms with van der Waals surface area (Å²) in [5.74, 6) is 0.824. The molecular weight excluding hydrogens is 430 g/mol. The summed E-state index contributed by atoms with van der Waals surface area (Å²) in [7, 11) is 3.46. The molecule has 2 aromatic carbocycles. The average molecular weight is 466 g/mol. The molecule has 0 fully saturated rings. The van der Waals surface area contributed by atoms with Gasteiger partial charge in [0.2, 0.25) is 0 Å². The van der Waals surface area contributed by atoms with Gasteiger partial charge in [-0.15, -0.1) is 0 Å². The third-order valence-corrected chi connectivity index (χ3v) is 5.84. The van der Waals surface area contributed by atoms with E-state index < -0.39 is 5.97 Å². The Bertz CT molecular complexity index is 1100. The SMILES string of the molecule is CCCCc1oc2ccc(C(=O)OC)cc2c1C(=O)c1ccc(OCCCN(C)CCC)cc1. The number of hydrogen-bond donors (Lipinski definition) is 0. The van der Waals surface area contributed by atoms with Gasteiger partial charge in [0.25, 0.3) is 0 Å². The van der Waals surface area contributed by atoms with E-state index >= 15 is 0 Å². The van der Waals surface area contributed by atoms with Crippen molar-refractivity contribution >= 4 is 22.7 Å². The number of nitrogens with zero attached hydrogens (tertiary/aromatic N) is 1. The number of rotatable bonds is 13. The third kappa shape index (κ3) is 6.26. The maximum Gasteiger partial charge on any atom is 0.337 e. The second-order valence-electron chi connectivity index (χ2n) is 8.57. The molecule has 0 radical (unpaired) electrons. The molecule has 1 heterocycles.